The van der Waals surface area contributed by atoms with Gasteiger partial charge in [0.2, 0.25) is 5.82 Å². The zero-order valence-electron chi connectivity index (χ0n) is 9.86. The summed E-state index contributed by atoms with van der Waals surface area (Å²) >= 11 is 0. The lowest BCUT2D eigenvalue weighted by Gasteiger charge is -2.10. The van der Waals surface area contributed by atoms with Crippen molar-refractivity contribution >= 4 is 5.69 Å². The number of hydrogen-bond donors (Lipinski definition) is 1. The fourth-order valence-corrected chi connectivity index (χ4v) is 1.54. The maximum Gasteiger partial charge on any atom is 0.203 e. The van der Waals surface area contributed by atoms with E-state index in [1.54, 1.807) is 24.3 Å². The van der Waals surface area contributed by atoms with Crippen LogP contribution in [0.15, 0.2) is 36.4 Å². The molecule has 2 aromatic rings. The summed E-state index contributed by atoms with van der Waals surface area (Å²) in [5, 5.41) is 8.54. The first kappa shape index (κ1) is 12.8. The van der Waals surface area contributed by atoms with Gasteiger partial charge >= 0.3 is 0 Å². The molecule has 0 amide bonds. The van der Waals surface area contributed by atoms with Crippen LogP contribution < -0.4 is 10.5 Å². The van der Waals surface area contributed by atoms with Gasteiger partial charge in [-0.3, -0.25) is 0 Å². The van der Waals surface area contributed by atoms with Crippen LogP contribution in [0.5, 0.6) is 11.5 Å². The standard InChI is InChI=1S/C14H10F2N2O/c15-11-5-6-12(18)14(13(11)16)19-10-3-1-9(2-4-10)7-8-17/h1-6H,7,18H2. The number of halogens is 2. The maximum absolute atomic E-state index is 13.5. The van der Waals surface area contributed by atoms with E-state index < -0.39 is 11.6 Å². The Morgan fingerprint density at radius 1 is 1.11 bits per heavy atom. The second-order valence-corrected chi connectivity index (χ2v) is 3.86. The van der Waals surface area contributed by atoms with E-state index in [4.69, 9.17) is 15.7 Å². The average molecular weight is 260 g/mol. The molecule has 5 heteroatoms. The second kappa shape index (κ2) is 5.36. The molecular formula is C14H10F2N2O. The molecule has 96 valence electrons. The van der Waals surface area contributed by atoms with Gasteiger partial charge < -0.3 is 10.5 Å². The maximum atomic E-state index is 13.5. The van der Waals surface area contributed by atoms with Crippen LogP contribution in [0.25, 0.3) is 0 Å². The quantitative estimate of drug-likeness (QED) is 0.860. The Morgan fingerprint density at radius 3 is 2.42 bits per heavy atom. The minimum atomic E-state index is -1.12. The highest BCUT2D eigenvalue weighted by Gasteiger charge is 2.14. The van der Waals surface area contributed by atoms with Crippen LogP contribution in [0.3, 0.4) is 0 Å². The summed E-state index contributed by atoms with van der Waals surface area (Å²) in [7, 11) is 0. The third kappa shape index (κ3) is 2.80. The molecule has 0 aliphatic carbocycles. The van der Waals surface area contributed by atoms with Crippen LogP contribution >= 0.6 is 0 Å². The molecule has 0 spiro atoms. The highest BCUT2D eigenvalue weighted by atomic mass is 19.2. The second-order valence-electron chi connectivity index (χ2n) is 3.86. The highest BCUT2D eigenvalue weighted by molar-refractivity contribution is 5.54. The molecular weight excluding hydrogens is 250 g/mol. The summed E-state index contributed by atoms with van der Waals surface area (Å²) in [5.41, 5.74) is 6.36. The van der Waals surface area contributed by atoms with Gasteiger partial charge in [0, 0.05) is 0 Å². The SMILES string of the molecule is N#CCc1ccc(Oc2c(N)ccc(F)c2F)cc1. The van der Waals surface area contributed by atoms with E-state index >= 15 is 0 Å². The summed E-state index contributed by atoms with van der Waals surface area (Å²) in [6.45, 7) is 0. The molecule has 2 N–H and O–H groups in total. The lowest BCUT2D eigenvalue weighted by Crippen LogP contribution is -1.97. The molecule has 19 heavy (non-hydrogen) atoms. The van der Waals surface area contributed by atoms with Gasteiger partial charge in [-0.25, -0.2) is 4.39 Å². The lowest BCUT2D eigenvalue weighted by molar-refractivity contribution is 0.418. The van der Waals surface area contributed by atoms with Crippen molar-refractivity contribution in [3.8, 4) is 17.6 Å². The Morgan fingerprint density at radius 2 is 1.79 bits per heavy atom. The van der Waals surface area contributed by atoms with Gasteiger partial charge in [-0.1, -0.05) is 12.1 Å². The molecule has 0 heterocycles. The van der Waals surface area contributed by atoms with Crippen LogP contribution in [-0.2, 0) is 6.42 Å². The minimum absolute atomic E-state index is 0.0139. The average Bonchev–Trinajstić information content (AvgIpc) is 2.41. The number of hydrogen-bond acceptors (Lipinski definition) is 3. The predicted octanol–water partition coefficient (Wildman–Crippen LogP) is 3.41. The number of nitrogens with two attached hydrogens (primary N) is 1. The van der Waals surface area contributed by atoms with Crippen LogP contribution in [0.1, 0.15) is 5.56 Å². The van der Waals surface area contributed by atoms with E-state index in [1.165, 1.54) is 6.07 Å². The third-order valence-corrected chi connectivity index (χ3v) is 2.51. The fraction of sp³-hybridized carbons (Fsp3) is 0.0714. The Kier molecular flexibility index (Phi) is 3.62. The molecule has 0 aliphatic rings. The van der Waals surface area contributed by atoms with Crippen molar-refractivity contribution in [3.05, 3.63) is 53.6 Å². The molecule has 2 rings (SSSR count). The number of benzene rings is 2. The van der Waals surface area contributed by atoms with E-state index in [0.717, 1.165) is 11.6 Å². The molecule has 0 saturated carbocycles. The summed E-state index contributed by atoms with van der Waals surface area (Å²) in [5.74, 6) is -2.17. The third-order valence-electron chi connectivity index (χ3n) is 2.51. The minimum Gasteiger partial charge on any atom is -0.452 e. The Bertz CT molecular complexity index is 633. The molecule has 0 fully saturated rings. The summed E-state index contributed by atoms with van der Waals surface area (Å²) in [6, 6.07) is 10.7. The number of nitrogen functional groups attached to an aromatic ring is 1. The summed E-state index contributed by atoms with van der Waals surface area (Å²) in [4.78, 5) is 0. The zero-order valence-corrected chi connectivity index (χ0v) is 9.86. The zero-order chi connectivity index (χ0) is 13.8. The highest BCUT2D eigenvalue weighted by Crippen LogP contribution is 2.31. The van der Waals surface area contributed by atoms with Crippen LogP contribution in [0.2, 0.25) is 0 Å². The van der Waals surface area contributed by atoms with E-state index in [1.807, 2.05) is 6.07 Å². The van der Waals surface area contributed by atoms with Gasteiger partial charge in [0.25, 0.3) is 0 Å². The van der Waals surface area contributed by atoms with Crippen molar-refractivity contribution in [2.45, 2.75) is 6.42 Å². The molecule has 0 saturated heterocycles. The van der Waals surface area contributed by atoms with Crippen molar-refractivity contribution in [2.24, 2.45) is 0 Å². The van der Waals surface area contributed by atoms with Gasteiger partial charge in [-0.15, -0.1) is 0 Å². The molecule has 0 aliphatic heterocycles. The van der Waals surface area contributed by atoms with Crippen LogP contribution in [0.4, 0.5) is 14.5 Å². The predicted molar refractivity (Wildman–Crippen MR) is 66.6 cm³/mol. The monoisotopic (exact) mass is 260 g/mol. The van der Waals surface area contributed by atoms with Gasteiger partial charge in [0.15, 0.2) is 11.6 Å². The van der Waals surface area contributed by atoms with E-state index in [-0.39, 0.29) is 17.9 Å². The smallest absolute Gasteiger partial charge is 0.203 e. The first-order valence-corrected chi connectivity index (χ1v) is 5.49. The molecule has 0 bridgehead atoms. The van der Waals surface area contributed by atoms with Crippen molar-refractivity contribution in [3.63, 3.8) is 0 Å². The number of nitriles is 1. The van der Waals surface area contributed by atoms with Crippen molar-refractivity contribution < 1.29 is 13.5 Å². The largest absolute Gasteiger partial charge is 0.452 e. The Hall–Kier alpha value is -2.61. The van der Waals surface area contributed by atoms with Gasteiger partial charge in [-0.2, -0.15) is 9.65 Å². The number of anilines is 1. The first-order valence-electron chi connectivity index (χ1n) is 5.49. The number of nitrogens with zero attached hydrogens (tertiary/aromatic N) is 1. The first-order chi connectivity index (χ1) is 9.11. The number of ether oxygens (including phenoxy) is 1. The summed E-state index contributed by atoms with van der Waals surface area (Å²) in [6.07, 6.45) is 0.275. The number of rotatable bonds is 3. The molecule has 0 radical (unpaired) electrons. The van der Waals surface area contributed by atoms with Gasteiger partial charge in [0.05, 0.1) is 18.2 Å². The van der Waals surface area contributed by atoms with Gasteiger partial charge in [-0.05, 0) is 29.8 Å². The normalized spacial score (nSPS) is 9.95. The van der Waals surface area contributed by atoms with Crippen molar-refractivity contribution in [1.29, 1.82) is 5.26 Å². The molecule has 0 unspecified atom stereocenters. The molecule has 3 nitrogen and oxygen atoms in total. The fourth-order valence-electron chi connectivity index (χ4n) is 1.54. The van der Waals surface area contributed by atoms with E-state index in [9.17, 15) is 8.78 Å². The van der Waals surface area contributed by atoms with Crippen molar-refractivity contribution in [1.82, 2.24) is 0 Å². The molecule has 2 aromatic carbocycles. The Labute approximate surface area is 108 Å². The van der Waals surface area contributed by atoms with Gasteiger partial charge in [0.1, 0.15) is 5.75 Å². The lowest BCUT2D eigenvalue weighted by atomic mass is 10.2. The summed E-state index contributed by atoms with van der Waals surface area (Å²) < 4.78 is 31.8. The molecule has 0 atom stereocenters. The van der Waals surface area contributed by atoms with Crippen LogP contribution in [0, 0.1) is 23.0 Å². The van der Waals surface area contributed by atoms with Crippen LogP contribution in [-0.4, -0.2) is 0 Å². The van der Waals surface area contributed by atoms with Crippen molar-refractivity contribution in [2.75, 3.05) is 5.73 Å². The molecule has 0 aromatic heterocycles. The van der Waals surface area contributed by atoms with E-state index in [2.05, 4.69) is 0 Å². The Balaban J connectivity index is 2.27. The van der Waals surface area contributed by atoms with E-state index in [0.29, 0.717) is 5.75 Å². The topological polar surface area (TPSA) is 59.0 Å².